The Balaban J connectivity index is 2.57. The topological polar surface area (TPSA) is 49.7 Å². The Kier molecular flexibility index (Phi) is 4.11. The van der Waals surface area contributed by atoms with Gasteiger partial charge in [0.1, 0.15) is 6.79 Å². The molecule has 14 heavy (non-hydrogen) atoms. The first-order valence-corrected chi connectivity index (χ1v) is 5.15. The van der Waals surface area contributed by atoms with Gasteiger partial charge in [0.25, 0.3) is 0 Å². The van der Waals surface area contributed by atoms with Gasteiger partial charge in [0.15, 0.2) is 0 Å². The summed E-state index contributed by atoms with van der Waals surface area (Å²) in [5, 5.41) is 18.3. The average Bonchev–Trinajstić information content (AvgIpc) is 2.10. The Labute approximate surface area is 85.4 Å². The molecule has 1 saturated carbocycles. The average molecular weight is 200 g/mol. The molecule has 0 aromatic rings. The normalized spacial score (nSPS) is 32.9. The zero-order valence-corrected chi connectivity index (χ0v) is 8.83. The SMILES string of the molecule is C=C(C)CC1(OCO)CCC(O)CC1. The molecular formula is C11H20O3. The van der Waals surface area contributed by atoms with Crippen molar-refractivity contribution in [2.45, 2.75) is 50.7 Å². The monoisotopic (exact) mass is 200 g/mol. The second-order valence-electron chi connectivity index (χ2n) is 4.32. The van der Waals surface area contributed by atoms with Crippen molar-refractivity contribution in [3.05, 3.63) is 12.2 Å². The largest absolute Gasteiger partial charge is 0.393 e. The third-order valence-electron chi connectivity index (χ3n) is 2.86. The molecule has 0 aromatic carbocycles. The summed E-state index contributed by atoms with van der Waals surface area (Å²) in [7, 11) is 0. The standard InChI is InChI=1S/C11H20O3/c1-9(2)7-11(14-8-12)5-3-10(13)4-6-11/h10,12-13H,1,3-8H2,2H3. The molecule has 0 bridgehead atoms. The van der Waals surface area contributed by atoms with Crippen LogP contribution >= 0.6 is 0 Å². The number of hydrogen-bond donors (Lipinski definition) is 2. The Morgan fingerprint density at radius 3 is 2.50 bits per heavy atom. The summed E-state index contributed by atoms with van der Waals surface area (Å²) in [4.78, 5) is 0. The predicted octanol–water partition coefficient (Wildman–Crippen LogP) is 1.59. The van der Waals surface area contributed by atoms with E-state index in [-0.39, 0.29) is 18.5 Å². The second kappa shape index (κ2) is 4.91. The summed E-state index contributed by atoms with van der Waals surface area (Å²) in [5.41, 5.74) is 0.787. The lowest BCUT2D eigenvalue weighted by molar-refractivity contribution is -0.142. The van der Waals surface area contributed by atoms with Crippen molar-refractivity contribution in [1.82, 2.24) is 0 Å². The van der Waals surface area contributed by atoms with Crippen LogP contribution in [-0.2, 0) is 4.74 Å². The van der Waals surface area contributed by atoms with E-state index in [9.17, 15) is 5.11 Å². The van der Waals surface area contributed by atoms with E-state index >= 15 is 0 Å². The molecule has 0 radical (unpaired) electrons. The number of aliphatic hydroxyl groups is 2. The van der Waals surface area contributed by atoms with E-state index in [4.69, 9.17) is 9.84 Å². The fraction of sp³-hybridized carbons (Fsp3) is 0.818. The second-order valence-corrected chi connectivity index (χ2v) is 4.32. The molecule has 0 unspecified atom stereocenters. The van der Waals surface area contributed by atoms with Gasteiger partial charge in [-0.05, 0) is 39.0 Å². The third kappa shape index (κ3) is 3.08. The first-order valence-electron chi connectivity index (χ1n) is 5.15. The van der Waals surface area contributed by atoms with E-state index in [2.05, 4.69) is 6.58 Å². The fourth-order valence-electron chi connectivity index (χ4n) is 2.19. The number of hydrogen-bond acceptors (Lipinski definition) is 3. The molecular weight excluding hydrogens is 180 g/mol. The minimum absolute atomic E-state index is 0.199. The van der Waals surface area contributed by atoms with Crippen LogP contribution in [0.5, 0.6) is 0 Å². The molecule has 1 aliphatic carbocycles. The van der Waals surface area contributed by atoms with Crippen molar-refractivity contribution in [3.8, 4) is 0 Å². The van der Waals surface area contributed by atoms with Gasteiger partial charge in [0, 0.05) is 0 Å². The highest BCUT2D eigenvalue weighted by atomic mass is 16.6. The van der Waals surface area contributed by atoms with E-state index in [1.165, 1.54) is 0 Å². The lowest BCUT2D eigenvalue weighted by Crippen LogP contribution is -2.39. The highest BCUT2D eigenvalue weighted by Gasteiger charge is 2.35. The number of ether oxygens (including phenoxy) is 1. The van der Waals surface area contributed by atoms with Crippen LogP contribution in [0.25, 0.3) is 0 Å². The Bertz CT molecular complexity index is 193. The van der Waals surface area contributed by atoms with Crippen LogP contribution in [0.15, 0.2) is 12.2 Å². The molecule has 0 heterocycles. The van der Waals surface area contributed by atoms with Crippen LogP contribution in [0.1, 0.15) is 39.0 Å². The third-order valence-corrected chi connectivity index (χ3v) is 2.86. The minimum Gasteiger partial charge on any atom is -0.393 e. The van der Waals surface area contributed by atoms with E-state index < -0.39 is 0 Å². The summed E-state index contributed by atoms with van der Waals surface area (Å²) in [6, 6.07) is 0. The first-order chi connectivity index (χ1) is 6.58. The molecule has 82 valence electrons. The zero-order chi connectivity index (χ0) is 10.6. The number of aliphatic hydroxyl groups excluding tert-OH is 2. The molecule has 0 aromatic heterocycles. The maximum atomic E-state index is 9.40. The first kappa shape index (κ1) is 11.7. The molecule has 0 spiro atoms. The van der Waals surface area contributed by atoms with E-state index in [1.807, 2.05) is 6.92 Å². The van der Waals surface area contributed by atoms with Crippen LogP contribution in [0, 0.1) is 0 Å². The Morgan fingerprint density at radius 1 is 1.50 bits per heavy atom. The molecule has 2 N–H and O–H groups in total. The van der Waals surface area contributed by atoms with Crippen molar-refractivity contribution >= 4 is 0 Å². The van der Waals surface area contributed by atoms with Crippen LogP contribution < -0.4 is 0 Å². The predicted molar refractivity (Wildman–Crippen MR) is 54.8 cm³/mol. The Hall–Kier alpha value is -0.380. The lowest BCUT2D eigenvalue weighted by atomic mass is 9.79. The molecule has 1 fully saturated rings. The molecule has 1 aliphatic rings. The van der Waals surface area contributed by atoms with Gasteiger partial charge < -0.3 is 14.9 Å². The van der Waals surface area contributed by atoms with Gasteiger partial charge in [-0.25, -0.2) is 0 Å². The van der Waals surface area contributed by atoms with Crippen LogP contribution in [0.4, 0.5) is 0 Å². The van der Waals surface area contributed by atoms with Crippen molar-refractivity contribution in [1.29, 1.82) is 0 Å². The van der Waals surface area contributed by atoms with E-state index in [1.54, 1.807) is 0 Å². The Morgan fingerprint density at radius 2 is 2.07 bits per heavy atom. The smallest absolute Gasteiger partial charge is 0.144 e. The molecule has 0 aliphatic heterocycles. The molecule has 0 saturated heterocycles. The molecule has 0 amide bonds. The van der Waals surface area contributed by atoms with Crippen molar-refractivity contribution in [2.24, 2.45) is 0 Å². The quantitative estimate of drug-likeness (QED) is 0.535. The van der Waals surface area contributed by atoms with Gasteiger partial charge in [-0.15, -0.1) is 6.58 Å². The van der Waals surface area contributed by atoms with Gasteiger partial charge in [0.2, 0.25) is 0 Å². The zero-order valence-electron chi connectivity index (χ0n) is 8.83. The summed E-state index contributed by atoms with van der Waals surface area (Å²) >= 11 is 0. The van der Waals surface area contributed by atoms with Crippen LogP contribution in [0.3, 0.4) is 0 Å². The molecule has 3 nitrogen and oxygen atoms in total. The van der Waals surface area contributed by atoms with E-state index in [0.717, 1.165) is 37.7 Å². The van der Waals surface area contributed by atoms with Crippen molar-refractivity contribution in [2.75, 3.05) is 6.79 Å². The molecule has 0 atom stereocenters. The summed E-state index contributed by atoms with van der Waals surface area (Å²) in [6.07, 6.45) is 3.71. The van der Waals surface area contributed by atoms with Crippen LogP contribution in [0.2, 0.25) is 0 Å². The van der Waals surface area contributed by atoms with Gasteiger partial charge in [-0.2, -0.15) is 0 Å². The van der Waals surface area contributed by atoms with Gasteiger partial charge in [0.05, 0.1) is 11.7 Å². The fourth-order valence-corrected chi connectivity index (χ4v) is 2.19. The minimum atomic E-state index is -0.278. The highest BCUT2D eigenvalue weighted by Crippen LogP contribution is 2.36. The van der Waals surface area contributed by atoms with Crippen molar-refractivity contribution in [3.63, 3.8) is 0 Å². The summed E-state index contributed by atoms with van der Waals surface area (Å²) in [6.45, 7) is 5.59. The van der Waals surface area contributed by atoms with Gasteiger partial charge in [-0.1, -0.05) is 5.57 Å². The van der Waals surface area contributed by atoms with Crippen LogP contribution in [-0.4, -0.2) is 28.7 Å². The molecule has 1 rings (SSSR count). The van der Waals surface area contributed by atoms with Gasteiger partial charge >= 0.3 is 0 Å². The number of rotatable bonds is 4. The maximum Gasteiger partial charge on any atom is 0.144 e. The summed E-state index contributed by atoms with van der Waals surface area (Å²) < 4.78 is 5.41. The highest BCUT2D eigenvalue weighted by molar-refractivity contribution is 5.00. The lowest BCUT2D eigenvalue weighted by Gasteiger charge is -2.38. The molecule has 3 heteroatoms. The van der Waals surface area contributed by atoms with Gasteiger partial charge in [-0.3, -0.25) is 0 Å². The van der Waals surface area contributed by atoms with Crippen molar-refractivity contribution < 1.29 is 14.9 Å². The van der Waals surface area contributed by atoms with E-state index in [0.29, 0.717) is 0 Å². The maximum absolute atomic E-state index is 9.40. The summed E-state index contributed by atoms with van der Waals surface area (Å²) in [5.74, 6) is 0.